The van der Waals surface area contributed by atoms with Crippen LogP contribution < -0.4 is 0 Å². The quantitative estimate of drug-likeness (QED) is 0.672. The average molecular weight is 160 g/mol. The molecule has 1 aromatic heterocycles. The van der Waals surface area contributed by atoms with E-state index in [4.69, 9.17) is 10.5 Å². The molecule has 0 aliphatic carbocycles. The van der Waals surface area contributed by atoms with Crippen molar-refractivity contribution in [2.75, 3.05) is 0 Å². The summed E-state index contributed by atoms with van der Waals surface area (Å²) in [7, 11) is 0. The maximum atomic E-state index is 8.57. The van der Waals surface area contributed by atoms with Gasteiger partial charge in [-0.15, -0.1) is 0 Å². The number of H-pyrrole nitrogens is 1. The zero-order valence-electron chi connectivity index (χ0n) is 6.92. The van der Waals surface area contributed by atoms with E-state index in [1.165, 1.54) is 0 Å². The summed E-state index contributed by atoms with van der Waals surface area (Å²) >= 11 is 0. The van der Waals surface area contributed by atoms with E-state index in [2.05, 4.69) is 9.97 Å². The highest BCUT2D eigenvalue weighted by Gasteiger charge is 2.10. The molecular formula is C8H8N4. The third-order valence-corrected chi connectivity index (χ3v) is 1.49. The minimum Gasteiger partial charge on any atom is -0.332 e. The number of nitrogens with one attached hydrogen (secondary N) is 1. The van der Waals surface area contributed by atoms with Crippen LogP contribution in [0, 0.1) is 22.7 Å². The van der Waals surface area contributed by atoms with Crippen LogP contribution in [-0.2, 0) is 0 Å². The number of nitrogens with zero attached hydrogens (tertiary/aromatic N) is 3. The Labute approximate surface area is 70.5 Å². The molecule has 0 fully saturated rings. The molecule has 0 atom stereocenters. The largest absolute Gasteiger partial charge is 0.332 e. The number of rotatable bonds is 1. The van der Waals surface area contributed by atoms with Gasteiger partial charge >= 0.3 is 0 Å². The van der Waals surface area contributed by atoms with Crippen LogP contribution in [0.4, 0.5) is 0 Å². The summed E-state index contributed by atoms with van der Waals surface area (Å²) in [5, 5.41) is 17.1. The van der Waals surface area contributed by atoms with E-state index in [9.17, 15) is 0 Å². The fraction of sp³-hybridized carbons (Fsp3) is 0.375. The predicted molar refractivity (Wildman–Crippen MR) is 42.1 cm³/mol. The molecule has 1 aromatic rings. The van der Waals surface area contributed by atoms with Crippen LogP contribution in [0.15, 0.2) is 0 Å². The molecule has 1 heterocycles. The number of hydrogen-bond donors (Lipinski definition) is 1. The Balaban J connectivity index is 3.19. The van der Waals surface area contributed by atoms with E-state index >= 15 is 0 Å². The van der Waals surface area contributed by atoms with Gasteiger partial charge in [0.05, 0.1) is 0 Å². The highest BCUT2D eigenvalue weighted by Crippen LogP contribution is 2.12. The summed E-state index contributed by atoms with van der Waals surface area (Å²) in [4.78, 5) is 6.75. The first-order chi connectivity index (χ1) is 5.69. The van der Waals surface area contributed by atoms with Crippen molar-refractivity contribution in [1.29, 1.82) is 10.5 Å². The van der Waals surface area contributed by atoms with Gasteiger partial charge < -0.3 is 4.98 Å². The molecule has 60 valence electrons. The van der Waals surface area contributed by atoms with Crippen molar-refractivity contribution in [3.63, 3.8) is 0 Å². The lowest BCUT2D eigenvalue weighted by Gasteiger charge is -1.95. The van der Waals surface area contributed by atoms with Crippen molar-refractivity contribution < 1.29 is 0 Å². The molecule has 4 heteroatoms. The molecule has 0 saturated carbocycles. The van der Waals surface area contributed by atoms with Gasteiger partial charge in [0.2, 0.25) is 0 Å². The molecule has 1 N–H and O–H groups in total. The fourth-order valence-electron chi connectivity index (χ4n) is 0.827. The summed E-state index contributed by atoms with van der Waals surface area (Å²) in [6.07, 6.45) is 0. The fourth-order valence-corrected chi connectivity index (χ4v) is 0.827. The van der Waals surface area contributed by atoms with Gasteiger partial charge in [-0.3, -0.25) is 0 Å². The zero-order chi connectivity index (χ0) is 9.14. The van der Waals surface area contributed by atoms with Crippen molar-refractivity contribution in [1.82, 2.24) is 9.97 Å². The van der Waals surface area contributed by atoms with E-state index in [-0.39, 0.29) is 17.3 Å². The second kappa shape index (κ2) is 3.06. The van der Waals surface area contributed by atoms with E-state index in [1.54, 1.807) is 0 Å². The molecular weight excluding hydrogens is 152 g/mol. The van der Waals surface area contributed by atoms with Gasteiger partial charge in [-0.25, -0.2) is 4.98 Å². The summed E-state index contributed by atoms with van der Waals surface area (Å²) in [5.74, 6) is 0.891. The van der Waals surface area contributed by atoms with Crippen LogP contribution in [0.5, 0.6) is 0 Å². The number of aromatic nitrogens is 2. The third-order valence-electron chi connectivity index (χ3n) is 1.49. The van der Waals surface area contributed by atoms with Crippen LogP contribution in [0.25, 0.3) is 0 Å². The monoisotopic (exact) mass is 160 g/mol. The summed E-state index contributed by atoms with van der Waals surface area (Å²) < 4.78 is 0. The SMILES string of the molecule is CC(C)c1nc(C#N)c(C#N)[nH]1. The lowest BCUT2D eigenvalue weighted by molar-refractivity contribution is 0.792. The van der Waals surface area contributed by atoms with Gasteiger partial charge in [-0.2, -0.15) is 10.5 Å². The molecule has 12 heavy (non-hydrogen) atoms. The minimum absolute atomic E-state index is 0.182. The lowest BCUT2D eigenvalue weighted by atomic mass is 10.2. The first-order valence-electron chi connectivity index (χ1n) is 3.59. The van der Waals surface area contributed by atoms with E-state index < -0.39 is 0 Å². The van der Waals surface area contributed by atoms with Gasteiger partial charge in [0, 0.05) is 5.92 Å². The normalized spacial score (nSPS) is 9.42. The van der Waals surface area contributed by atoms with Crippen molar-refractivity contribution in [3.8, 4) is 12.1 Å². The molecule has 0 saturated heterocycles. The Hall–Kier alpha value is -1.81. The highest BCUT2D eigenvalue weighted by molar-refractivity contribution is 5.36. The molecule has 0 aliphatic heterocycles. The lowest BCUT2D eigenvalue weighted by Crippen LogP contribution is -1.89. The van der Waals surface area contributed by atoms with Crippen molar-refractivity contribution in [2.45, 2.75) is 19.8 Å². The first kappa shape index (κ1) is 8.29. The maximum absolute atomic E-state index is 8.57. The molecule has 0 bridgehead atoms. The van der Waals surface area contributed by atoms with Crippen LogP contribution in [0.3, 0.4) is 0 Å². The van der Waals surface area contributed by atoms with Crippen molar-refractivity contribution in [2.24, 2.45) is 0 Å². The van der Waals surface area contributed by atoms with E-state index in [1.807, 2.05) is 26.0 Å². The molecule has 0 spiro atoms. The number of aromatic amines is 1. The van der Waals surface area contributed by atoms with Crippen LogP contribution in [0.1, 0.15) is 37.0 Å². The highest BCUT2D eigenvalue weighted by atomic mass is 14.9. The molecule has 0 aliphatic rings. The minimum atomic E-state index is 0.182. The van der Waals surface area contributed by atoms with Gasteiger partial charge in [-0.05, 0) is 0 Å². The smallest absolute Gasteiger partial charge is 0.176 e. The molecule has 1 rings (SSSR count). The summed E-state index contributed by atoms with van der Waals surface area (Å²) in [5.41, 5.74) is 0.433. The third kappa shape index (κ3) is 1.28. The standard InChI is InChI=1S/C8H8N4/c1-5(2)8-11-6(3-9)7(4-10)12-8/h5H,1-2H3,(H,11,12). The Morgan fingerprint density at radius 1 is 1.33 bits per heavy atom. The molecule has 0 radical (unpaired) electrons. The zero-order valence-corrected chi connectivity index (χ0v) is 6.92. The summed E-state index contributed by atoms with van der Waals surface area (Å²) in [6.45, 7) is 3.89. The van der Waals surface area contributed by atoms with Crippen LogP contribution in [-0.4, -0.2) is 9.97 Å². The van der Waals surface area contributed by atoms with Gasteiger partial charge in [-0.1, -0.05) is 13.8 Å². The van der Waals surface area contributed by atoms with Crippen molar-refractivity contribution >= 4 is 0 Å². The Kier molecular flexibility index (Phi) is 2.11. The average Bonchev–Trinajstić information content (AvgIpc) is 2.46. The van der Waals surface area contributed by atoms with E-state index in [0.29, 0.717) is 5.82 Å². The Morgan fingerprint density at radius 2 is 2.00 bits per heavy atom. The number of hydrogen-bond acceptors (Lipinski definition) is 3. The Bertz CT molecular complexity index is 330. The van der Waals surface area contributed by atoms with Gasteiger partial charge in [0.1, 0.15) is 18.0 Å². The van der Waals surface area contributed by atoms with E-state index in [0.717, 1.165) is 0 Å². The van der Waals surface area contributed by atoms with Gasteiger partial charge in [0.15, 0.2) is 11.4 Å². The van der Waals surface area contributed by atoms with Crippen molar-refractivity contribution in [3.05, 3.63) is 17.2 Å². The number of imidazole rings is 1. The topological polar surface area (TPSA) is 76.3 Å². The van der Waals surface area contributed by atoms with Crippen LogP contribution in [0.2, 0.25) is 0 Å². The predicted octanol–water partition coefficient (Wildman–Crippen LogP) is 1.28. The molecule has 0 unspecified atom stereocenters. The first-order valence-corrected chi connectivity index (χ1v) is 3.59. The second-order valence-electron chi connectivity index (χ2n) is 2.72. The molecule has 0 amide bonds. The Morgan fingerprint density at radius 3 is 2.33 bits per heavy atom. The number of nitriles is 2. The maximum Gasteiger partial charge on any atom is 0.176 e. The second-order valence-corrected chi connectivity index (χ2v) is 2.72. The van der Waals surface area contributed by atoms with Gasteiger partial charge in [0.25, 0.3) is 0 Å². The molecule has 0 aromatic carbocycles. The van der Waals surface area contributed by atoms with Crippen LogP contribution >= 0.6 is 0 Å². The summed E-state index contributed by atoms with van der Waals surface area (Å²) in [6, 6.07) is 3.74. The molecule has 4 nitrogen and oxygen atoms in total.